The molecule has 0 saturated heterocycles. The molecule has 0 fully saturated rings. The summed E-state index contributed by atoms with van der Waals surface area (Å²) in [6, 6.07) is 2.19. The standard InChI is InChI=1S/C16H12F6N4O2S/c1-8(15(17,18)19)26-29(27,28)11-2-3-12(23-7-11)13-5-9-4-10(16(20,21)22)6-24-14(9)25-13/h2-8,26H,1H3,(H,24,25)/t8-/m0/s1. The lowest BCUT2D eigenvalue weighted by Gasteiger charge is -2.17. The van der Waals surface area contributed by atoms with Gasteiger partial charge in [-0.25, -0.2) is 13.4 Å². The summed E-state index contributed by atoms with van der Waals surface area (Å²) in [5.74, 6) is 0. The minimum Gasteiger partial charge on any atom is -0.338 e. The zero-order valence-electron chi connectivity index (χ0n) is 14.4. The number of hydrogen-bond acceptors (Lipinski definition) is 4. The van der Waals surface area contributed by atoms with E-state index in [1.54, 1.807) is 0 Å². The van der Waals surface area contributed by atoms with Gasteiger partial charge in [0, 0.05) is 17.8 Å². The fraction of sp³-hybridized carbons (Fsp3) is 0.250. The van der Waals surface area contributed by atoms with Crippen molar-refractivity contribution in [3.63, 3.8) is 0 Å². The van der Waals surface area contributed by atoms with Crippen LogP contribution >= 0.6 is 0 Å². The predicted molar refractivity (Wildman–Crippen MR) is 90.2 cm³/mol. The van der Waals surface area contributed by atoms with Gasteiger partial charge in [0.15, 0.2) is 0 Å². The smallest absolute Gasteiger partial charge is 0.338 e. The van der Waals surface area contributed by atoms with Gasteiger partial charge in [-0.2, -0.15) is 31.1 Å². The van der Waals surface area contributed by atoms with Gasteiger partial charge in [-0.15, -0.1) is 0 Å². The van der Waals surface area contributed by atoms with E-state index >= 15 is 0 Å². The van der Waals surface area contributed by atoms with Crippen LogP contribution in [0.25, 0.3) is 22.4 Å². The Kier molecular flexibility index (Phi) is 5.07. The predicted octanol–water partition coefficient (Wildman–Crippen LogP) is 3.87. The summed E-state index contributed by atoms with van der Waals surface area (Å²) in [5.41, 5.74) is -0.353. The molecule has 29 heavy (non-hydrogen) atoms. The molecule has 0 unspecified atom stereocenters. The van der Waals surface area contributed by atoms with Crippen LogP contribution in [0.2, 0.25) is 0 Å². The highest BCUT2D eigenvalue weighted by molar-refractivity contribution is 7.89. The number of nitrogens with one attached hydrogen (secondary N) is 2. The van der Waals surface area contributed by atoms with Crippen LogP contribution in [0.15, 0.2) is 41.6 Å². The van der Waals surface area contributed by atoms with Crippen molar-refractivity contribution in [1.82, 2.24) is 19.7 Å². The Labute approximate surface area is 160 Å². The molecule has 0 aliphatic heterocycles. The van der Waals surface area contributed by atoms with Crippen molar-refractivity contribution in [3.8, 4) is 11.4 Å². The molecule has 0 bridgehead atoms. The Morgan fingerprint density at radius 2 is 1.72 bits per heavy atom. The fourth-order valence-electron chi connectivity index (χ4n) is 2.37. The van der Waals surface area contributed by atoms with Gasteiger partial charge in [0.25, 0.3) is 0 Å². The van der Waals surface area contributed by atoms with Gasteiger partial charge in [-0.3, -0.25) is 4.98 Å². The second-order valence-corrected chi connectivity index (χ2v) is 7.82. The van der Waals surface area contributed by atoms with Crippen molar-refractivity contribution in [3.05, 3.63) is 42.2 Å². The molecule has 0 amide bonds. The number of fused-ring (bicyclic) bond motifs is 1. The highest BCUT2D eigenvalue weighted by Gasteiger charge is 2.39. The van der Waals surface area contributed by atoms with E-state index in [2.05, 4.69) is 15.0 Å². The number of halogens is 6. The third kappa shape index (κ3) is 4.50. The molecule has 1 atom stereocenters. The van der Waals surface area contributed by atoms with Crippen molar-refractivity contribution >= 4 is 21.1 Å². The van der Waals surface area contributed by atoms with E-state index in [0.717, 1.165) is 18.3 Å². The van der Waals surface area contributed by atoms with Crippen LogP contribution in [-0.2, 0) is 16.2 Å². The molecule has 156 valence electrons. The quantitative estimate of drug-likeness (QED) is 0.606. The van der Waals surface area contributed by atoms with Gasteiger partial charge in [0.05, 0.1) is 17.0 Å². The summed E-state index contributed by atoms with van der Waals surface area (Å²) >= 11 is 0. The molecular weight excluding hydrogens is 426 g/mol. The first-order chi connectivity index (χ1) is 13.3. The highest BCUT2D eigenvalue weighted by Crippen LogP contribution is 2.31. The second-order valence-electron chi connectivity index (χ2n) is 6.11. The molecule has 0 aliphatic carbocycles. The zero-order chi connectivity index (χ0) is 21.6. The number of rotatable bonds is 4. The van der Waals surface area contributed by atoms with Crippen LogP contribution in [0.3, 0.4) is 0 Å². The number of hydrogen-bond donors (Lipinski definition) is 2. The van der Waals surface area contributed by atoms with E-state index in [0.29, 0.717) is 13.1 Å². The summed E-state index contributed by atoms with van der Waals surface area (Å²) in [6.45, 7) is 0.659. The molecule has 2 N–H and O–H groups in total. The first kappa shape index (κ1) is 21.0. The van der Waals surface area contributed by atoms with E-state index in [-0.39, 0.29) is 22.4 Å². The van der Waals surface area contributed by atoms with Crippen LogP contribution in [0.5, 0.6) is 0 Å². The summed E-state index contributed by atoms with van der Waals surface area (Å²) in [5, 5.41) is 0.161. The third-order valence-electron chi connectivity index (χ3n) is 3.94. The van der Waals surface area contributed by atoms with Crippen LogP contribution < -0.4 is 4.72 Å². The molecule has 0 spiro atoms. The fourth-order valence-corrected chi connectivity index (χ4v) is 3.55. The van der Waals surface area contributed by atoms with E-state index in [9.17, 15) is 34.8 Å². The molecule has 3 aromatic heterocycles. The number of pyridine rings is 2. The molecule has 0 radical (unpaired) electrons. The van der Waals surface area contributed by atoms with Crippen molar-refractivity contribution in [2.45, 2.75) is 30.2 Å². The van der Waals surface area contributed by atoms with E-state index in [1.165, 1.54) is 16.9 Å². The van der Waals surface area contributed by atoms with Gasteiger partial charge in [0.2, 0.25) is 10.0 Å². The maximum Gasteiger partial charge on any atom is 0.417 e. The summed E-state index contributed by atoms with van der Waals surface area (Å²) in [6.07, 6.45) is -7.81. The SMILES string of the molecule is C[C@H](NS(=O)(=O)c1ccc(-c2cc3cc(C(F)(F)F)cnc3[nH]2)nc1)C(F)(F)F. The van der Waals surface area contributed by atoms with Gasteiger partial charge >= 0.3 is 12.4 Å². The number of sulfonamides is 1. The number of nitrogens with zero attached hydrogens (tertiary/aromatic N) is 2. The lowest BCUT2D eigenvalue weighted by Crippen LogP contribution is -2.42. The average molecular weight is 438 g/mol. The van der Waals surface area contributed by atoms with Gasteiger partial charge in [-0.05, 0) is 31.2 Å². The van der Waals surface area contributed by atoms with Crippen molar-refractivity contribution in [1.29, 1.82) is 0 Å². The summed E-state index contributed by atoms with van der Waals surface area (Å²) in [4.78, 5) is 9.81. The lowest BCUT2D eigenvalue weighted by molar-refractivity contribution is -0.147. The van der Waals surface area contributed by atoms with Gasteiger partial charge in [-0.1, -0.05) is 0 Å². The molecule has 3 rings (SSSR count). The average Bonchev–Trinajstić information content (AvgIpc) is 3.03. The Balaban J connectivity index is 1.88. The first-order valence-electron chi connectivity index (χ1n) is 7.89. The maximum absolute atomic E-state index is 12.8. The Bertz CT molecular complexity index is 1140. The third-order valence-corrected chi connectivity index (χ3v) is 5.47. The molecule has 3 aromatic rings. The van der Waals surface area contributed by atoms with E-state index in [4.69, 9.17) is 0 Å². The molecule has 3 heterocycles. The largest absolute Gasteiger partial charge is 0.417 e. The molecular formula is C16H12F6N4O2S. The van der Waals surface area contributed by atoms with Gasteiger partial charge < -0.3 is 4.98 Å². The van der Waals surface area contributed by atoms with Crippen LogP contribution in [0.4, 0.5) is 26.3 Å². The molecule has 0 aromatic carbocycles. The zero-order valence-corrected chi connectivity index (χ0v) is 15.2. The van der Waals surface area contributed by atoms with E-state index < -0.39 is 38.9 Å². The summed E-state index contributed by atoms with van der Waals surface area (Å²) < 4.78 is 102. The number of aromatic nitrogens is 3. The number of H-pyrrole nitrogens is 1. The molecule has 6 nitrogen and oxygen atoms in total. The topological polar surface area (TPSA) is 87.7 Å². The van der Waals surface area contributed by atoms with Crippen LogP contribution in [0.1, 0.15) is 12.5 Å². The monoisotopic (exact) mass is 438 g/mol. The lowest BCUT2D eigenvalue weighted by atomic mass is 10.2. The van der Waals surface area contributed by atoms with Crippen LogP contribution in [0, 0.1) is 0 Å². The Morgan fingerprint density at radius 3 is 2.28 bits per heavy atom. The molecule has 13 heteroatoms. The van der Waals surface area contributed by atoms with Crippen molar-refractivity contribution in [2.24, 2.45) is 0 Å². The Morgan fingerprint density at radius 1 is 1.03 bits per heavy atom. The highest BCUT2D eigenvalue weighted by atomic mass is 32.2. The van der Waals surface area contributed by atoms with Crippen molar-refractivity contribution in [2.75, 3.05) is 0 Å². The summed E-state index contributed by atoms with van der Waals surface area (Å²) in [7, 11) is -4.47. The second kappa shape index (κ2) is 6.99. The normalized spacial score (nSPS) is 14.3. The maximum atomic E-state index is 12.8. The number of alkyl halides is 6. The van der Waals surface area contributed by atoms with Crippen LogP contribution in [-0.4, -0.2) is 35.6 Å². The number of aromatic amines is 1. The van der Waals surface area contributed by atoms with Gasteiger partial charge in [0.1, 0.15) is 16.6 Å². The molecule has 0 aliphatic rings. The minimum atomic E-state index is -4.76. The van der Waals surface area contributed by atoms with Crippen molar-refractivity contribution < 1.29 is 34.8 Å². The van der Waals surface area contributed by atoms with E-state index in [1.807, 2.05) is 0 Å². The molecule has 0 saturated carbocycles. The minimum absolute atomic E-state index is 0.159. The first-order valence-corrected chi connectivity index (χ1v) is 9.37. The Hall–Kier alpha value is -2.67.